The second kappa shape index (κ2) is 6.86. The van der Waals surface area contributed by atoms with Crippen molar-refractivity contribution in [3.63, 3.8) is 0 Å². The minimum Gasteiger partial charge on any atom is -0.492 e. The van der Waals surface area contributed by atoms with Crippen molar-refractivity contribution in [3.8, 4) is 11.5 Å². The van der Waals surface area contributed by atoms with Crippen molar-refractivity contribution in [1.82, 2.24) is 4.90 Å². The number of fused-ring (bicyclic) bond motifs is 2. The maximum absolute atomic E-state index is 12.4. The smallest absolute Gasteiger partial charge is 0.492 e. The number of carbonyl (C=O) groups is 1. The van der Waals surface area contributed by atoms with E-state index in [0.29, 0.717) is 44.8 Å². The second-order valence-electron chi connectivity index (χ2n) is 6.70. The van der Waals surface area contributed by atoms with Crippen LogP contribution in [0.15, 0.2) is 18.2 Å². The normalized spacial score (nSPS) is 19.5. The average molecular weight is 409 g/mol. The number of piperidine rings is 1. The first-order valence-electron chi connectivity index (χ1n) is 8.25. The van der Waals surface area contributed by atoms with E-state index in [9.17, 15) is 26.4 Å². The van der Waals surface area contributed by atoms with Crippen molar-refractivity contribution in [2.75, 3.05) is 26.2 Å². The number of nitrogens with zero attached hydrogens (tertiary/aromatic N) is 1. The lowest BCUT2D eigenvalue weighted by atomic mass is 9.74. The molecular formula is C16H18F3NO6S. The van der Waals surface area contributed by atoms with E-state index in [1.165, 1.54) is 12.1 Å². The molecule has 150 valence electrons. The molecule has 0 saturated carbocycles. The van der Waals surface area contributed by atoms with E-state index in [-0.39, 0.29) is 11.8 Å². The first-order chi connectivity index (χ1) is 12.5. The van der Waals surface area contributed by atoms with E-state index in [0.717, 1.165) is 11.6 Å². The van der Waals surface area contributed by atoms with Crippen molar-refractivity contribution in [3.05, 3.63) is 23.8 Å². The van der Waals surface area contributed by atoms with E-state index in [4.69, 9.17) is 9.84 Å². The lowest BCUT2D eigenvalue weighted by Gasteiger charge is -2.38. The van der Waals surface area contributed by atoms with E-state index >= 15 is 0 Å². The van der Waals surface area contributed by atoms with Gasteiger partial charge in [0.2, 0.25) is 0 Å². The van der Waals surface area contributed by atoms with Gasteiger partial charge in [-0.15, -0.1) is 0 Å². The van der Waals surface area contributed by atoms with E-state index in [2.05, 4.69) is 4.18 Å². The molecule has 1 N–H and O–H groups in total. The number of hydrogen-bond acceptors (Lipinski definition) is 6. The highest BCUT2D eigenvalue weighted by Crippen LogP contribution is 2.47. The summed E-state index contributed by atoms with van der Waals surface area (Å²) in [4.78, 5) is 12.7. The first-order valence-corrected chi connectivity index (χ1v) is 9.65. The number of alkyl halides is 3. The highest BCUT2D eigenvalue weighted by molar-refractivity contribution is 7.88. The summed E-state index contributed by atoms with van der Waals surface area (Å²) in [7, 11) is -5.73. The van der Waals surface area contributed by atoms with Gasteiger partial charge in [0.15, 0.2) is 0 Å². The molecule has 0 atom stereocenters. The predicted molar refractivity (Wildman–Crippen MR) is 87.1 cm³/mol. The minimum atomic E-state index is -5.73. The Morgan fingerprint density at radius 1 is 1.30 bits per heavy atom. The van der Waals surface area contributed by atoms with Crippen LogP contribution in [-0.4, -0.2) is 56.1 Å². The fourth-order valence-electron chi connectivity index (χ4n) is 3.45. The van der Waals surface area contributed by atoms with Crippen LogP contribution in [0.25, 0.3) is 0 Å². The average Bonchev–Trinajstić information content (AvgIpc) is 2.91. The van der Waals surface area contributed by atoms with Gasteiger partial charge in [-0.3, -0.25) is 4.79 Å². The number of carboxylic acids is 1. The largest absolute Gasteiger partial charge is 0.534 e. The Bertz CT molecular complexity index is 831. The van der Waals surface area contributed by atoms with Gasteiger partial charge < -0.3 is 18.9 Å². The Labute approximate surface area is 153 Å². The Kier molecular flexibility index (Phi) is 5.02. The second-order valence-corrected chi connectivity index (χ2v) is 8.23. The highest BCUT2D eigenvalue weighted by Gasteiger charge is 2.49. The Hall–Kier alpha value is -2.01. The van der Waals surface area contributed by atoms with Crippen LogP contribution in [0.4, 0.5) is 13.2 Å². The summed E-state index contributed by atoms with van der Waals surface area (Å²) in [5.41, 5.74) is -5.01. The summed E-state index contributed by atoms with van der Waals surface area (Å²) in [5.74, 6) is -1.00. The highest BCUT2D eigenvalue weighted by atomic mass is 32.2. The lowest BCUT2D eigenvalue weighted by Crippen LogP contribution is -2.44. The molecule has 0 bridgehead atoms. The van der Waals surface area contributed by atoms with Crippen LogP contribution in [0.3, 0.4) is 0 Å². The van der Waals surface area contributed by atoms with Crippen LogP contribution in [0.5, 0.6) is 11.5 Å². The van der Waals surface area contributed by atoms with E-state index in [1.807, 2.05) is 4.90 Å². The number of rotatable bonds is 5. The van der Waals surface area contributed by atoms with Crippen LogP contribution >= 0.6 is 0 Å². The van der Waals surface area contributed by atoms with Crippen LogP contribution < -0.4 is 8.92 Å². The number of halogens is 3. The molecule has 0 radical (unpaired) electrons. The minimum absolute atomic E-state index is 0.0640. The molecule has 7 nitrogen and oxygen atoms in total. The molecule has 11 heteroatoms. The van der Waals surface area contributed by atoms with Gasteiger partial charge in [-0.1, -0.05) is 6.07 Å². The summed E-state index contributed by atoms with van der Waals surface area (Å²) < 4.78 is 69.3. The number of aliphatic carboxylic acids is 1. The van der Waals surface area contributed by atoms with Crippen molar-refractivity contribution < 1.29 is 40.4 Å². The molecule has 27 heavy (non-hydrogen) atoms. The van der Waals surface area contributed by atoms with Crippen molar-refractivity contribution in [2.45, 2.75) is 30.2 Å². The van der Waals surface area contributed by atoms with Gasteiger partial charge in [0, 0.05) is 23.6 Å². The number of hydrogen-bond donors (Lipinski definition) is 1. The molecule has 0 unspecified atom stereocenters. The molecule has 0 amide bonds. The maximum Gasteiger partial charge on any atom is 0.534 e. The fourth-order valence-corrected chi connectivity index (χ4v) is 3.90. The Morgan fingerprint density at radius 2 is 1.96 bits per heavy atom. The monoisotopic (exact) mass is 409 g/mol. The van der Waals surface area contributed by atoms with Gasteiger partial charge in [0.25, 0.3) is 0 Å². The first kappa shape index (κ1) is 19.7. The number of carboxylic acid groups (broad SMARTS) is 1. The van der Waals surface area contributed by atoms with Crippen LogP contribution in [-0.2, 0) is 20.3 Å². The molecule has 1 spiro atoms. The molecule has 0 aromatic heterocycles. The van der Waals surface area contributed by atoms with Crippen LogP contribution in [0, 0.1) is 0 Å². The third-order valence-corrected chi connectivity index (χ3v) is 5.95. The summed E-state index contributed by atoms with van der Waals surface area (Å²) in [5, 5.41) is 8.76. The Balaban J connectivity index is 1.71. The van der Waals surface area contributed by atoms with Crippen molar-refractivity contribution in [2.24, 2.45) is 0 Å². The molecule has 1 aromatic carbocycles. The zero-order valence-corrected chi connectivity index (χ0v) is 15.0. The summed E-state index contributed by atoms with van der Waals surface area (Å²) in [6.07, 6.45) is 1.48. The van der Waals surface area contributed by atoms with Gasteiger partial charge >= 0.3 is 21.6 Å². The van der Waals surface area contributed by atoms with Gasteiger partial charge in [-0.05, 0) is 32.0 Å². The van der Waals surface area contributed by atoms with E-state index < -0.39 is 27.3 Å². The van der Waals surface area contributed by atoms with E-state index in [1.54, 1.807) is 0 Å². The summed E-state index contributed by atoms with van der Waals surface area (Å²) in [6, 6.07) is 3.88. The molecular weight excluding hydrogens is 391 g/mol. The van der Waals surface area contributed by atoms with Gasteiger partial charge in [0.1, 0.15) is 11.5 Å². The quantitative estimate of drug-likeness (QED) is 0.588. The third kappa shape index (κ3) is 3.98. The summed E-state index contributed by atoms with van der Waals surface area (Å²) in [6.45, 7) is 2.15. The van der Waals surface area contributed by atoms with Crippen LogP contribution in [0.2, 0.25) is 0 Å². The molecule has 1 fully saturated rings. The molecule has 2 heterocycles. The number of likely N-dealkylation sites (tertiary alicyclic amines) is 1. The number of benzene rings is 1. The molecule has 3 rings (SSSR count). The lowest BCUT2D eigenvalue weighted by molar-refractivity contribution is -0.137. The molecule has 2 aliphatic heterocycles. The van der Waals surface area contributed by atoms with Gasteiger partial charge in [-0.2, -0.15) is 21.6 Å². The topological polar surface area (TPSA) is 93.1 Å². The van der Waals surface area contributed by atoms with Gasteiger partial charge in [-0.25, -0.2) is 0 Å². The van der Waals surface area contributed by atoms with Crippen molar-refractivity contribution >= 4 is 16.1 Å². The standard InChI is InChI=1S/C16H18F3NO6S/c17-16(18,19)27(23,24)26-11-1-2-12-13(9-11)25-10-15(12)4-7-20(8-5-15)6-3-14(21)22/h1-2,9H,3-8,10H2,(H,21,22). The molecule has 1 saturated heterocycles. The molecule has 0 aliphatic carbocycles. The predicted octanol–water partition coefficient (Wildman–Crippen LogP) is 2.12. The third-order valence-electron chi connectivity index (χ3n) is 4.97. The fraction of sp³-hybridized carbons (Fsp3) is 0.562. The zero-order valence-electron chi connectivity index (χ0n) is 14.2. The number of ether oxygens (including phenoxy) is 1. The van der Waals surface area contributed by atoms with Gasteiger partial charge in [0.05, 0.1) is 13.0 Å². The maximum atomic E-state index is 12.4. The zero-order chi connectivity index (χ0) is 19.9. The van der Waals surface area contributed by atoms with Crippen LogP contribution in [0.1, 0.15) is 24.8 Å². The van der Waals surface area contributed by atoms with Crippen molar-refractivity contribution in [1.29, 1.82) is 0 Å². The summed E-state index contributed by atoms with van der Waals surface area (Å²) >= 11 is 0. The molecule has 1 aromatic rings. The Morgan fingerprint density at radius 3 is 2.56 bits per heavy atom. The molecule has 2 aliphatic rings. The SMILES string of the molecule is O=C(O)CCN1CCC2(CC1)COc1cc(OS(=O)(=O)C(F)(F)F)ccc12.